The Morgan fingerprint density at radius 1 is 1.40 bits per heavy atom. The lowest BCUT2D eigenvalue weighted by molar-refractivity contribution is -0.125. The number of fused-ring (bicyclic) bond motifs is 1. The molecule has 0 fully saturated rings. The van der Waals surface area contributed by atoms with E-state index in [2.05, 4.69) is 10.3 Å². The van der Waals surface area contributed by atoms with Crippen LogP contribution < -0.4 is 11.1 Å². The van der Waals surface area contributed by atoms with Crippen LogP contribution in [-0.2, 0) is 4.79 Å². The number of hydrogen-bond acceptors (Lipinski definition) is 3. The van der Waals surface area contributed by atoms with Crippen molar-refractivity contribution in [3.05, 3.63) is 23.8 Å². The number of imidazole rings is 1. The van der Waals surface area contributed by atoms with Gasteiger partial charge in [-0.1, -0.05) is 12.1 Å². The smallest absolute Gasteiger partial charge is 0.243 e. The van der Waals surface area contributed by atoms with Gasteiger partial charge in [-0.05, 0) is 46.2 Å². The first kappa shape index (κ1) is 14.4. The van der Waals surface area contributed by atoms with Crippen LogP contribution in [0.4, 0.5) is 5.95 Å². The summed E-state index contributed by atoms with van der Waals surface area (Å²) in [6.45, 7) is 9.69. The van der Waals surface area contributed by atoms with Gasteiger partial charge >= 0.3 is 0 Å². The molecular weight excluding hydrogens is 252 g/mol. The molecule has 20 heavy (non-hydrogen) atoms. The molecule has 0 bridgehead atoms. The number of amides is 1. The summed E-state index contributed by atoms with van der Waals surface area (Å²) in [5, 5.41) is 2.97. The minimum Gasteiger partial charge on any atom is -0.369 e. The van der Waals surface area contributed by atoms with E-state index in [1.54, 1.807) is 4.57 Å². The van der Waals surface area contributed by atoms with Crippen molar-refractivity contribution in [1.82, 2.24) is 14.9 Å². The Hall–Kier alpha value is -2.04. The molecule has 1 aromatic carbocycles. The Kier molecular flexibility index (Phi) is 3.46. The second-order valence-corrected chi connectivity index (χ2v) is 6.20. The fourth-order valence-corrected chi connectivity index (χ4v) is 2.27. The van der Waals surface area contributed by atoms with E-state index in [1.807, 2.05) is 52.8 Å². The summed E-state index contributed by atoms with van der Waals surface area (Å²) in [7, 11) is 0. The predicted octanol–water partition coefficient (Wildman–Crippen LogP) is 2.40. The molecule has 5 nitrogen and oxygen atoms in total. The Bertz CT molecular complexity index is 652. The maximum absolute atomic E-state index is 12.3. The molecule has 0 saturated heterocycles. The number of benzene rings is 1. The van der Waals surface area contributed by atoms with Gasteiger partial charge in [0.05, 0.1) is 11.0 Å². The van der Waals surface area contributed by atoms with E-state index in [0.717, 1.165) is 16.6 Å². The van der Waals surface area contributed by atoms with Gasteiger partial charge in [0.1, 0.15) is 6.04 Å². The van der Waals surface area contributed by atoms with E-state index >= 15 is 0 Å². The molecule has 0 saturated carbocycles. The zero-order valence-electron chi connectivity index (χ0n) is 12.7. The van der Waals surface area contributed by atoms with Gasteiger partial charge in [0.15, 0.2) is 0 Å². The highest BCUT2D eigenvalue weighted by molar-refractivity contribution is 5.87. The number of para-hydroxylation sites is 1. The Balaban J connectivity index is 2.45. The van der Waals surface area contributed by atoms with E-state index in [4.69, 9.17) is 5.73 Å². The van der Waals surface area contributed by atoms with Gasteiger partial charge in [-0.15, -0.1) is 0 Å². The maximum Gasteiger partial charge on any atom is 0.243 e. The third kappa shape index (κ3) is 2.61. The normalized spacial score (nSPS) is 13.4. The average Bonchev–Trinajstić information content (AvgIpc) is 2.64. The molecular formula is C15H22N4O. The summed E-state index contributed by atoms with van der Waals surface area (Å²) in [5.41, 5.74) is 8.51. The quantitative estimate of drug-likeness (QED) is 0.883. The van der Waals surface area contributed by atoms with E-state index in [9.17, 15) is 4.79 Å². The molecule has 1 atom stereocenters. The first-order valence-electron chi connectivity index (χ1n) is 6.76. The van der Waals surface area contributed by atoms with Gasteiger partial charge in [0.25, 0.3) is 0 Å². The number of aryl methyl sites for hydroxylation is 1. The summed E-state index contributed by atoms with van der Waals surface area (Å²) in [6, 6.07) is 5.47. The molecule has 1 heterocycles. The topological polar surface area (TPSA) is 72.9 Å². The summed E-state index contributed by atoms with van der Waals surface area (Å²) in [4.78, 5) is 16.7. The number of anilines is 1. The zero-order chi connectivity index (χ0) is 15.1. The van der Waals surface area contributed by atoms with Crippen LogP contribution in [0.15, 0.2) is 18.2 Å². The Morgan fingerprint density at radius 3 is 2.65 bits per heavy atom. The zero-order valence-corrected chi connectivity index (χ0v) is 12.7. The molecule has 0 aliphatic heterocycles. The molecule has 0 radical (unpaired) electrons. The summed E-state index contributed by atoms with van der Waals surface area (Å²) >= 11 is 0. The van der Waals surface area contributed by atoms with Crippen molar-refractivity contribution in [2.45, 2.75) is 46.2 Å². The van der Waals surface area contributed by atoms with Crippen molar-refractivity contribution >= 4 is 22.9 Å². The highest BCUT2D eigenvalue weighted by atomic mass is 16.2. The number of nitrogens with zero attached hydrogens (tertiary/aromatic N) is 2. The number of hydrogen-bond donors (Lipinski definition) is 2. The van der Waals surface area contributed by atoms with E-state index in [1.165, 1.54) is 0 Å². The fraction of sp³-hybridized carbons (Fsp3) is 0.467. The Morgan fingerprint density at radius 2 is 2.05 bits per heavy atom. The second kappa shape index (κ2) is 4.81. The van der Waals surface area contributed by atoms with Gasteiger partial charge in [0, 0.05) is 5.54 Å². The van der Waals surface area contributed by atoms with Crippen molar-refractivity contribution in [3.8, 4) is 0 Å². The van der Waals surface area contributed by atoms with Gasteiger partial charge < -0.3 is 11.1 Å². The van der Waals surface area contributed by atoms with Gasteiger partial charge in [-0.2, -0.15) is 0 Å². The number of carbonyl (C=O) groups is 1. The predicted molar refractivity (Wildman–Crippen MR) is 81.5 cm³/mol. The molecule has 3 N–H and O–H groups in total. The molecule has 1 amide bonds. The first-order chi connectivity index (χ1) is 9.20. The number of rotatable bonds is 2. The summed E-state index contributed by atoms with van der Waals surface area (Å²) < 4.78 is 1.78. The minimum atomic E-state index is -0.402. The van der Waals surface area contributed by atoms with E-state index in [0.29, 0.717) is 5.95 Å². The average molecular weight is 274 g/mol. The highest BCUT2D eigenvalue weighted by Gasteiger charge is 2.24. The molecule has 2 aromatic rings. The molecule has 2 rings (SSSR count). The number of carbonyl (C=O) groups excluding carboxylic acids is 1. The molecule has 0 aliphatic carbocycles. The van der Waals surface area contributed by atoms with Crippen LogP contribution in [0.5, 0.6) is 0 Å². The lowest BCUT2D eigenvalue weighted by Gasteiger charge is -2.24. The van der Waals surface area contributed by atoms with Gasteiger partial charge in [-0.25, -0.2) is 4.98 Å². The lowest BCUT2D eigenvalue weighted by Crippen LogP contribution is -2.43. The molecule has 0 aliphatic rings. The first-order valence-corrected chi connectivity index (χ1v) is 6.76. The van der Waals surface area contributed by atoms with Crippen LogP contribution in [0.3, 0.4) is 0 Å². The minimum absolute atomic E-state index is 0.0648. The fourth-order valence-electron chi connectivity index (χ4n) is 2.27. The van der Waals surface area contributed by atoms with Crippen LogP contribution in [0.25, 0.3) is 11.0 Å². The molecule has 108 valence electrons. The van der Waals surface area contributed by atoms with Crippen molar-refractivity contribution in [1.29, 1.82) is 0 Å². The maximum atomic E-state index is 12.3. The molecule has 1 unspecified atom stereocenters. The van der Waals surface area contributed by atoms with Gasteiger partial charge in [-0.3, -0.25) is 9.36 Å². The van der Waals surface area contributed by atoms with Crippen LogP contribution in [-0.4, -0.2) is 21.0 Å². The summed E-state index contributed by atoms with van der Waals surface area (Å²) in [6.07, 6.45) is 0. The molecule has 0 spiro atoms. The lowest BCUT2D eigenvalue weighted by atomic mass is 10.1. The van der Waals surface area contributed by atoms with Crippen molar-refractivity contribution in [3.63, 3.8) is 0 Å². The van der Waals surface area contributed by atoms with Crippen LogP contribution in [0.2, 0.25) is 0 Å². The Labute approximate surface area is 119 Å². The van der Waals surface area contributed by atoms with Crippen molar-refractivity contribution < 1.29 is 4.79 Å². The number of nitrogens with two attached hydrogens (primary N) is 1. The number of nitrogen functional groups attached to an aromatic ring is 1. The van der Waals surface area contributed by atoms with Gasteiger partial charge in [0.2, 0.25) is 11.9 Å². The van der Waals surface area contributed by atoms with Crippen molar-refractivity contribution in [2.75, 3.05) is 5.73 Å². The summed E-state index contributed by atoms with van der Waals surface area (Å²) in [5.74, 6) is 0.302. The van der Waals surface area contributed by atoms with E-state index in [-0.39, 0.29) is 11.4 Å². The van der Waals surface area contributed by atoms with E-state index < -0.39 is 6.04 Å². The second-order valence-electron chi connectivity index (χ2n) is 6.20. The monoisotopic (exact) mass is 274 g/mol. The van der Waals surface area contributed by atoms with Crippen molar-refractivity contribution in [2.24, 2.45) is 0 Å². The third-order valence-electron chi connectivity index (χ3n) is 3.21. The standard InChI is InChI=1S/C15H22N4O/c1-9-7-6-8-11-12(9)17-14(16)19(11)10(2)13(20)18-15(3,4)5/h6-8,10H,1-5H3,(H2,16,17)(H,18,20). The SMILES string of the molecule is Cc1cccc2c1nc(N)n2C(C)C(=O)NC(C)(C)C. The number of aromatic nitrogens is 2. The van der Waals surface area contributed by atoms with Crippen LogP contribution in [0.1, 0.15) is 39.3 Å². The largest absolute Gasteiger partial charge is 0.369 e. The van der Waals surface area contributed by atoms with Crippen LogP contribution >= 0.6 is 0 Å². The third-order valence-corrected chi connectivity index (χ3v) is 3.21. The van der Waals surface area contributed by atoms with Crippen LogP contribution in [0, 0.1) is 6.92 Å². The molecule has 1 aromatic heterocycles. The molecule has 5 heteroatoms. The highest BCUT2D eigenvalue weighted by Crippen LogP contribution is 2.25. The number of nitrogens with one attached hydrogen (secondary N) is 1.